The average Bonchev–Trinajstić information content (AvgIpc) is 3.57. The van der Waals surface area contributed by atoms with Crippen molar-refractivity contribution in [3.8, 4) is 0 Å². The Balaban J connectivity index is 1.38. The second kappa shape index (κ2) is 8.29. The number of nitrogens with zero attached hydrogens (tertiary/aromatic N) is 3. The highest BCUT2D eigenvalue weighted by Gasteiger charge is 2.40. The second-order valence-electron chi connectivity index (χ2n) is 6.78. The van der Waals surface area contributed by atoms with Gasteiger partial charge in [-0.15, -0.1) is 22.7 Å². The fourth-order valence-electron chi connectivity index (χ4n) is 3.38. The summed E-state index contributed by atoms with van der Waals surface area (Å²) in [5, 5.41) is 9.23. The maximum atomic E-state index is 13.2. The summed E-state index contributed by atoms with van der Waals surface area (Å²) in [5.41, 5.74) is 0.656. The molecule has 0 aromatic carbocycles. The number of amides is 3. The summed E-state index contributed by atoms with van der Waals surface area (Å²) in [4.78, 5) is 41.5. The van der Waals surface area contributed by atoms with E-state index in [1.807, 2.05) is 35.0 Å². The van der Waals surface area contributed by atoms with E-state index >= 15 is 0 Å². The number of carbonyl (C=O) groups excluding carboxylic acids is 3. The van der Waals surface area contributed by atoms with Crippen molar-refractivity contribution in [1.82, 2.24) is 9.91 Å². The number of imide groups is 1. The lowest BCUT2D eigenvalue weighted by molar-refractivity contribution is -0.137. The van der Waals surface area contributed by atoms with E-state index in [0.717, 1.165) is 26.4 Å². The van der Waals surface area contributed by atoms with Gasteiger partial charge in [-0.1, -0.05) is 12.1 Å². The summed E-state index contributed by atoms with van der Waals surface area (Å²) in [7, 11) is 0. The van der Waals surface area contributed by atoms with Crippen LogP contribution in [0.5, 0.6) is 0 Å². The maximum absolute atomic E-state index is 13.2. The zero-order chi connectivity index (χ0) is 21.4. The summed E-state index contributed by atoms with van der Waals surface area (Å²) in [6, 6.07) is 10.9. The van der Waals surface area contributed by atoms with Crippen LogP contribution in [0.25, 0.3) is 6.08 Å². The van der Waals surface area contributed by atoms with Crippen molar-refractivity contribution < 1.29 is 18.8 Å². The van der Waals surface area contributed by atoms with Gasteiger partial charge in [0.05, 0.1) is 17.2 Å². The van der Waals surface area contributed by atoms with Gasteiger partial charge in [-0.05, 0) is 52.9 Å². The Morgan fingerprint density at radius 1 is 1.16 bits per heavy atom. The molecule has 10 heteroatoms. The quantitative estimate of drug-likeness (QED) is 0.501. The highest BCUT2D eigenvalue weighted by molar-refractivity contribution is 8.18. The first-order valence-corrected chi connectivity index (χ1v) is 11.9. The van der Waals surface area contributed by atoms with Crippen LogP contribution in [0.1, 0.15) is 28.0 Å². The molecule has 31 heavy (non-hydrogen) atoms. The molecule has 0 bridgehead atoms. The second-order valence-corrected chi connectivity index (χ2v) is 9.73. The van der Waals surface area contributed by atoms with Crippen molar-refractivity contribution in [3.05, 3.63) is 73.8 Å². The Morgan fingerprint density at radius 3 is 2.71 bits per heavy atom. The minimum atomic E-state index is -0.459. The number of rotatable bonds is 5. The molecule has 2 aliphatic rings. The molecule has 1 unspecified atom stereocenters. The molecule has 0 N–H and O–H groups in total. The molecule has 7 nitrogen and oxygen atoms in total. The lowest BCUT2D eigenvalue weighted by atomic mass is 10.1. The first-order chi connectivity index (χ1) is 15.1. The van der Waals surface area contributed by atoms with Gasteiger partial charge in [0.15, 0.2) is 0 Å². The molecule has 3 aromatic rings. The number of furan rings is 1. The molecular weight excluding hydrogens is 454 g/mol. The number of hydrogen-bond donors (Lipinski definition) is 0. The maximum Gasteiger partial charge on any atom is 0.294 e. The third-order valence-corrected chi connectivity index (χ3v) is 7.53. The Labute approximate surface area is 189 Å². The van der Waals surface area contributed by atoms with Crippen molar-refractivity contribution in [2.45, 2.75) is 12.5 Å². The molecule has 5 heterocycles. The van der Waals surface area contributed by atoms with Gasteiger partial charge >= 0.3 is 0 Å². The minimum Gasteiger partial charge on any atom is -0.463 e. The van der Waals surface area contributed by atoms with E-state index in [4.69, 9.17) is 4.42 Å². The van der Waals surface area contributed by atoms with Crippen LogP contribution >= 0.6 is 34.4 Å². The predicted molar refractivity (Wildman–Crippen MR) is 121 cm³/mol. The lowest BCUT2D eigenvalue weighted by Crippen LogP contribution is -2.40. The first-order valence-electron chi connectivity index (χ1n) is 9.36. The SMILES string of the molecule is O=C1S/C(=C\c2cccs2)C(=O)N1CC(=O)N1N=C(c2ccco2)CC1c1cccs1. The van der Waals surface area contributed by atoms with E-state index in [2.05, 4.69) is 5.10 Å². The first kappa shape index (κ1) is 20.0. The van der Waals surface area contributed by atoms with Crippen LogP contribution in [0.2, 0.25) is 0 Å². The molecule has 1 fully saturated rings. The molecule has 0 aliphatic carbocycles. The molecule has 3 amide bonds. The fourth-order valence-corrected chi connectivity index (χ4v) is 5.75. The predicted octanol–water partition coefficient (Wildman–Crippen LogP) is 4.82. The fraction of sp³-hybridized carbons (Fsp3) is 0.143. The topological polar surface area (TPSA) is 83.2 Å². The number of hydrazone groups is 1. The summed E-state index contributed by atoms with van der Waals surface area (Å²) < 4.78 is 5.45. The van der Waals surface area contributed by atoms with Crippen molar-refractivity contribution >= 4 is 63.3 Å². The molecule has 3 aromatic heterocycles. The van der Waals surface area contributed by atoms with E-state index in [0.29, 0.717) is 22.8 Å². The number of thioether (sulfide) groups is 1. The minimum absolute atomic E-state index is 0.297. The van der Waals surface area contributed by atoms with E-state index in [1.165, 1.54) is 27.7 Å². The van der Waals surface area contributed by atoms with Crippen molar-refractivity contribution in [2.24, 2.45) is 5.10 Å². The van der Waals surface area contributed by atoms with Crippen molar-refractivity contribution in [1.29, 1.82) is 0 Å². The van der Waals surface area contributed by atoms with Gasteiger partial charge in [-0.25, -0.2) is 5.01 Å². The van der Waals surface area contributed by atoms with Crippen LogP contribution in [0.15, 0.2) is 67.8 Å². The molecule has 0 radical (unpaired) electrons. The molecular formula is C21H15N3O4S3. The van der Waals surface area contributed by atoms with Crippen LogP contribution in [0.3, 0.4) is 0 Å². The average molecular weight is 470 g/mol. The van der Waals surface area contributed by atoms with Crippen LogP contribution in [-0.2, 0) is 9.59 Å². The molecule has 0 saturated carbocycles. The standard InChI is InChI=1S/C21H15N3O4S3/c25-19(12-23-20(26)18(31-21(23)27)10-13-4-2-8-29-13)24-15(17-6-3-9-30-17)11-14(22-24)16-5-1-7-28-16/h1-10,15H,11-12H2/b18-10-. The number of hydrogen-bond acceptors (Lipinski definition) is 8. The van der Waals surface area contributed by atoms with Crippen LogP contribution < -0.4 is 0 Å². The Hall–Kier alpha value is -2.95. The van der Waals surface area contributed by atoms with E-state index in [1.54, 1.807) is 24.5 Å². The summed E-state index contributed by atoms with van der Waals surface area (Å²) >= 11 is 3.85. The summed E-state index contributed by atoms with van der Waals surface area (Å²) in [5.74, 6) is -0.277. The summed E-state index contributed by atoms with van der Waals surface area (Å²) in [6.07, 6.45) is 3.74. The van der Waals surface area contributed by atoms with Gasteiger partial charge in [-0.3, -0.25) is 19.3 Å². The van der Waals surface area contributed by atoms with E-state index in [-0.39, 0.29) is 12.6 Å². The number of thiophene rings is 2. The van der Waals surface area contributed by atoms with Gasteiger partial charge in [0.25, 0.3) is 17.1 Å². The van der Waals surface area contributed by atoms with E-state index in [9.17, 15) is 14.4 Å². The van der Waals surface area contributed by atoms with Gasteiger partial charge in [-0.2, -0.15) is 5.10 Å². The molecule has 1 saturated heterocycles. The molecule has 156 valence electrons. The molecule has 0 spiro atoms. The largest absolute Gasteiger partial charge is 0.463 e. The highest BCUT2D eigenvalue weighted by atomic mass is 32.2. The molecule has 1 atom stereocenters. The van der Waals surface area contributed by atoms with Crippen LogP contribution in [0, 0.1) is 0 Å². The monoisotopic (exact) mass is 469 g/mol. The van der Waals surface area contributed by atoms with Crippen LogP contribution in [-0.4, -0.2) is 39.2 Å². The third kappa shape index (κ3) is 3.89. The molecule has 2 aliphatic heterocycles. The zero-order valence-corrected chi connectivity index (χ0v) is 18.4. The Kier molecular flexibility index (Phi) is 5.34. The highest BCUT2D eigenvalue weighted by Crippen LogP contribution is 2.37. The van der Waals surface area contributed by atoms with Gasteiger partial charge in [0.2, 0.25) is 0 Å². The molecule has 5 rings (SSSR count). The summed E-state index contributed by atoms with van der Waals surface area (Å²) in [6.45, 7) is -0.358. The number of carbonyl (C=O) groups is 3. The smallest absolute Gasteiger partial charge is 0.294 e. The van der Waals surface area contributed by atoms with E-state index < -0.39 is 17.1 Å². The lowest BCUT2D eigenvalue weighted by Gasteiger charge is -2.22. The Bertz CT molecular complexity index is 1180. The normalized spacial score (nSPS) is 20.2. The zero-order valence-electron chi connectivity index (χ0n) is 16.0. The van der Waals surface area contributed by atoms with Gasteiger partial charge in [0.1, 0.15) is 18.0 Å². The third-order valence-electron chi connectivity index (χ3n) is 4.83. The van der Waals surface area contributed by atoms with Gasteiger partial charge in [0, 0.05) is 16.2 Å². The van der Waals surface area contributed by atoms with Crippen molar-refractivity contribution in [2.75, 3.05) is 6.54 Å². The van der Waals surface area contributed by atoms with Crippen LogP contribution in [0.4, 0.5) is 4.79 Å². The Morgan fingerprint density at radius 2 is 2.00 bits per heavy atom. The van der Waals surface area contributed by atoms with Gasteiger partial charge < -0.3 is 4.42 Å². The van der Waals surface area contributed by atoms with Crippen molar-refractivity contribution in [3.63, 3.8) is 0 Å².